The van der Waals surface area contributed by atoms with Crippen molar-refractivity contribution in [2.45, 2.75) is 6.42 Å². The lowest BCUT2D eigenvalue weighted by Gasteiger charge is -2.12. The van der Waals surface area contributed by atoms with E-state index < -0.39 is 0 Å². The van der Waals surface area contributed by atoms with Crippen molar-refractivity contribution in [2.24, 2.45) is 0 Å². The molecular weight excluding hydrogens is 284 g/mol. The molecule has 4 heteroatoms. The first-order valence-corrected chi connectivity index (χ1v) is 7.37. The highest BCUT2D eigenvalue weighted by Crippen LogP contribution is 2.15. The normalized spacial score (nSPS) is 10.2. The van der Waals surface area contributed by atoms with Gasteiger partial charge >= 0.3 is 0 Å². The van der Waals surface area contributed by atoms with Gasteiger partial charge in [0.15, 0.2) is 0 Å². The molecule has 1 N–H and O–H groups in total. The number of hydrogen-bond acceptors (Lipinski definition) is 2. The number of carbonyl (C=O) groups is 1. The highest BCUT2D eigenvalue weighted by molar-refractivity contribution is 6.18. The van der Waals surface area contributed by atoms with Crippen LogP contribution >= 0.6 is 11.6 Å². The molecule has 0 fully saturated rings. The number of halogens is 1. The number of carbonyl (C=O) groups excluding carboxylic acids is 1. The monoisotopic (exact) mass is 302 g/mol. The van der Waals surface area contributed by atoms with Gasteiger partial charge in [0.1, 0.15) is 0 Å². The molecule has 0 aromatic heterocycles. The summed E-state index contributed by atoms with van der Waals surface area (Å²) < 4.78 is 0. The molecule has 0 spiro atoms. The second-order valence-corrected chi connectivity index (χ2v) is 5.41. The fraction of sp³-hybridized carbons (Fsp3) is 0.235. The molecule has 0 saturated carbocycles. The van der Waals surface area contributed by atoms with Crippen LogP contribution in [-0.4, -0.2) is 25.9 Å². The van der Waals surface area contributed by atoms with Crippen molar-refractivity contribution in [1.82, 2.24) is 0 Å². The molecule has 2 aromatic carbocycles. The van der Waals surface area contributed by atoms with Crippen LogP contribution in [0.15, 0.2) is 48.5 Å². The first-order chi connectivity index (χ1) is 10.1. The predicted octanol–water partition coefficient (Wildman–Crippen LogP) is 3.79. The van der Waals surface area contributed by atoms with Gasteiger partial charge in [-0.3, -0.25) is 4.79 Å². The summed E-state index contributed by atoms with van der Waals surface area (Å²) in [6.07, 6.45) is 0.835. The third kappa shape index (κ3) is 4.23. The maximum Gasteiger partial charge on any atom is 0.255 e. The summed E-state index contributed by atoms with van der Waals surface area (Å²) in [4.78, 5) is 14.2. The van der Waals surface area contributed by atoms with E-state index in [1.54, 1.807) is 0 Å². The standard InChI is InChI=1S/C17H19ClN2O/c1-20(2)16-9-5-14(6-10-16)17(21)19-15-7-3-13(4-8-15)11-12-18/h3-10H,11-12H2,1-2H3,(H,19,21). The number of aryl methyl sites for hydroxylation is 1. The Bertz CT molecular complexity index is 591. The van der Waals surface area contributed by atoms with Crippen LogP contribution in [0.2, 0.25) is 0 Å². The van der Waals surface area contributed by atoms with E-state index in [9.17, 15) is 4.79 Å². The van der Waals surface area contributed by atoms with Crippen LogP contribution < -0.4 is 10.2 Å². The minimum Gasteiger partial charge on any atom is -0.378 e. The van der Waals surface area contributed by atoms with E-state index in [4.69, 9.17) is 11.6 Å². The summed E-state index contributed by atoms with van der Waals surface area (Å²) in [6, 6.07) is 15.3. The smallest absolute Gasteiger partial charge is 0.255 e. The van der Waals surface area contributed by atoms with E-state index in [0.717, 1.165) is 17.8 Å². The van der Waals surface area contributed by atoms with Crippen LogP contribution in [0.5, 0.6) is 0 Å². The second kappa shape index (κ2) is 7.14. The molecule has 0 radical (unpaired) electrons. The maximum atomic E-state index is 12.2. The first-order valence-electron chi connectivity index (χ1n) is 6.84. The van der Waals surface area contributed by atoms with E-state index in [2.05, 4.69) is 5.32 Å². The molecule has 110 valence electrons. The van der Waals surface area contributed by atoms with Crippen LogP contribution in [0.4, 0.5) is 11.4 Å². The van der Waals surface area contributed by atoms with Crippen molar-refractivity contribution >= 4 is 28.9 Å². The Balaban J connectivity index is 2.03. The summed E-state index contributed by atoms with van der Waals surface area (Å²) in [5.41, 5.74) is 3.66. The van der Waals surface area contributed by atoms with Crippen molar-refractivity contribution in [3.63, 3.8) is 0 Å². The summed E-state index contributed by atoms with van der Waals surface area (Å²) in [6.45, 7) is 0. The van der Waals surface area contributed by atoms with Crippen molar-refractivity contribution in [2.75, 3.05) is 30.2 Å². The highest BCUT2D eigenvalue weighted by Gasteiger charge is 2.06. The number of alkyl halides is 1. The lowest BCUT2D eigenvalue weighted by Crippen LogP contribution is -2.13. The van der Waals surface area contributed by atoms with Gasteiger partial charge in [0.2, 0.25) is 0 Å². The lowest BCUT2D eigenvalue weighted by molar-refractivity contribution is 0.102. The van der Waals surface area contributed by atoms with Gasteiger partial charge in [-0.15, -0.1) is 11.6 Å². The molecule has 2 aromatic rings. The summed E-state index contributed by atoms with van der Waals surface area (Å²) >= 11 is 5.70. The number of rotatable bonds is 5. The van der Waals surface area contributed by atoms with Crippen LogP contribution in [0.1, 0.15) is 15.9 Å². The highest BCUT2D eigenvalue weighted by atomic mass is 35.5. The molecular formula is C17H19ClN2O. The third-order valence-corrected chi connectivity index (χ3v) is 3.43. The fourth-order valence-electron chi connectivity index (χ4n) is 1.98. The molecule has 1 amide bonds. The Hall–Kier alpha value is -2.00. The molecule has 3 nitrogen and oxygen atoms in total. The molecule has 2 rings (SSSR count). The van der Waals surface area contributed by atoms with Gasteiger partial charge in [-0.2, -0.15) is 0 Å². The van der Waals surface area contributed by atoms with E-state index in [1.165, 1.54) is 5.56 Å². The lowest BCUT2D eigenvalue weighted by atomic mass is 10.1. The Kier molecular flexibility index (Phi) is 5.23. The summed E-state index contributed by atoms with van der Waals surface area (Å²) in [5.74, 6) is 0.495. The van der Waals surface area contributed by atoms with Crippen LogP contribution in [0, 0.1) is 0 Å². The second-order valence-electron chi connectivity index (χ2n) is 5.03. The molecule has 0 unspecified atom stereocenters. The van der Waals surface area contributed by atoms with Gasteiger partial charge in [-0.1, -0.05) is 12.1 Å². The molecule has 0 aliphatic carbocycles. The molecule has 0 heterocycles. The Labute approximate surface area is 130 Å². The summed E-state index contributed by atoms with van der Waals surface area (Å²) in [7, 11) is 3.94. The molecule has 0 bridgehead atoms. The quantitative estimate of drug-likeness (QED) is 0.852. The zero-order valence-corrected chi connectivity index (χ0v) is 13.0. The topological polar surface area (TPSA) is 32.3 Å². The predicted molar refractivity (Wildman–Crippen MR) is 89.6 cm³/mol. The SMILES string of the molecule is CN(C)c1ccc(C(=O)Nc2ccc(CCCl)cc2)cc1. The zero-order chi connectivity index (χ0) is 15.2. The minimum absolute atomic E-state index is 0.106. The van der Waals surface area contributed by atoms with Crippen LogP contribution in [0.3, 0.4) is 0 Å². The molecule has 21 heavy (non-hydrogen) atoms. The van der Waals surface area contributed by atoms with Gasteiger partial charge in [0, 0.05) is 36.9 Å². The van der Waals surface area contributed by atoms with Crippen molar-refractivity contribution in [3.8, 4) is 0 Å². The minimum atomic E-state index is -0.106. The Morgan fingerprint density at radius 2 is 1.67 bits per heavy atom. The summed E-state index contributed by atoms with van der Waals surface area (Å²) in [5, 5.41) is 2.89. The molecule has 0 aliphatic heterocycles. The van der Waals surface area contributed by atoms with Gasteiger partial charge in [0.25, 0.3) is 5.91 Å². The van der Waals surface area contributed by atoms with Crippen molar-refractivity contribution in [1.29, 1.82) is 0 Å². The molecule has 0 saturated heterocycles. The van der Waals surface area contributed by atoms with Crippen LogP contribution in [-0.2, 0) is 6.42 Å². The number of nitrogens with one attached hydrogen (secondary N) is 1. The number of benzene rings is 2. The van der Waals surface area contributed by atoms with Gasteiger partial charge in [-0.25, -0.2) is 0 Å². The largest absolute Gasteiger partial charge is 0.378 e. The number of anilines is 2. The van der Waals surface area contributed by atoms with Crippen molar-refractivity contribution < 1.29 is 4.79 Å². The van der Waals surface area contributed by atoms with E-state index >= 15 is 0 Å². The van der Waals surface area contributed by atoms with E-state index in [0.29, 0.717) is 11.4 Å². The average molecular weight is 303 g/mol. The molecule has 0 aliphatic rings. The van der Waals surface area contributed by atoms with Crippen molar-refractivity contribution in [3.05, 3.63) is 59.7 Å². The molecule has 0 atom stereocenters. The van der Waals surface area contributed by atoms with E-state index in [-0.39, 0.29) is 5.91 Å². The zero-order valence-electron chi connectivity index (χ0n) is 12.3. The Morgan fingerprint density at radius 3 is 2.19 bits per heavy atom. The first kappa shape index (κ1) is 15.4. The average Bonchev–Trinajstić information content (AvgIpc) is 2.49. The Morgan fingerprint density at radius 1 is 1.05 bits per heavy atom. The number of amides is 1. The van der Waals surface area contributed by atoms with Crippen LogP contribution in [0.25, 0.3) is 0 Å². The maximum absolute atomic E-state index is 12.2. The number of hydrogen-bond donors (Lipinski definition) is 1. The fourth-order valence-corrected chi connectivity index (χ4v) is 2.20. The van der Waals surface area contributed by atoms with Gasteiger partial charge < -0.3 is 10.2 Å². The van der Waals surface area contributed by atoms with Gasteiger partial charge in [-0.05, 0) is 48.4 Å². The third-order valence-electron chi connectivity index (χ3n) is 3.24. The van der Waals surface area contributed by atoms with Gasteiger partial charge in [0.05, 0.1) is 0 Å². The van der Waals surface area contributed by atoms with E-state index in [1.807, 2.05) is 67.5 Å². The number of nitrogens with zero attached hydrogens (tertiary/aromatic N) is 1.